The van der Waals surface area contributed by atoms with E-state index in [2.05, 4.69) is 34.3 Å². The van der Waals surface area contributed by atoms with Gasteiger partial charge >= 0.3 is 0 Å². The Hall–Kier alpha value is -4.72. The first-order valence-electron chi connectivity index (χ1n) is 17.0. The fraction of sp³-hybridized carbons (Fsp3) is 0.385. The molecule has 0 atom stereocenters. The Balaban J connectivity index is 1.09. The Morgan fingerprint density at radius 2 is 0.574 bits per heavy atom. The fourth-order valence-corrected chi connectivity index (χ4v) is 4.54. The van der Waals surface area contributed by atoms with Gasteiger partial charge < -0.3 is 18.9 Å². The molecule has 47 heavy (non-hydrogen) atoms. The first kappa shape index (κ1) is 35.1. The molecule has 248 valence electrons. The quantitative estimate of drug-likeness (QED) is 0.0634. The lowest BCUT2D eigenvalue weighted by atomic mass is 10.2. The van der Waals surface area contributed by atoms with Crippen molar-refractivity contribution >= 4 is 22.7 Å². The van der Waals surface area contributed by atoms with Crippen molar-refractivity contribution in [2.75, 3.05) is 26.4 Å². The molecule has 0 spiro atoms. The third-order valence-corrected chi connectivity index (χ3v) is 7.27. The maximum Gasteiger partial charge on any atom is 0.119 e. The van der Waals surface area contributed by atoms with E-state index in [1.54, 1.807) is 0 Å². The molecule has 8 heteroatoms. The number of rotatable bonds is 22. The minimum absolute atomic E-state index is 0.545. The lowest BCUT2D eigenvalue weighted by Gasteiger charge is -2.08. The van der Waals surface area contributed by atoms with E-state index in [9.17, 15) is 0 Å². The summed E-state index contributed by atoms with van der Waals surface area (Å²) in [6, 6.07) is 30.6. The van der Waals surface area contributed by atoms with Crippen molar-refractivity contribution in [2.24, 2.45) is 20.5 Å². The van der Waals surface area contributed by atoms with Gasteiger partial charge in [-0.1, -0.05) is 52.4 Å². The summed E-state index contributed by atoms with van der Waals surface area (Å²) in [6.07, 6.45) is 10.3. The summed E-state index contributed by atoms with van der Waals surface area (Å²) in [7, 11) is 0. The second-order valence-electron chi connectivity index (χ2n) is 11.2. The molecule has 0 amide bonds. The zero-order valence-corrected chi connectivity index (χ0v) is 27.9. The van der Waals surface area contributed by atoms with Crippen molar-refractivity contribution in [1.29, 1.82) is 0 Å². The third kappa shape index (κ3) is 14.1. The lowest BCUT2D eigenvalue weighted by molar-refractivity contribution is 0.247. The van der Waals surface area contributed by atoms with Crippen molar-refractivity contribution in [3.63, 3.8) is 0 Å². The maximum absolute atomic E-state index is 5.86. The van der Waals surface area contributed by atoms with Crippen LogP contribution in [0.4, 0.5) is 22.7 Å². The van der Waals surface area contributed by atoms with Gasteiger partial charge in [0.15, 0.2) is 0 Å². The van der Waals surface area contributed by atoms with Crippen LogP contribution in [0, 0.1) is 0 Å². The zero-order valence-electron chi connectivity index (χ0n) is 27.9. The van der Waals surface area contributed by atoms with Gasteiger partial charge in [0.1, 0.15) is 23.0 Å². The molecule has 0 radical (unpaired) electrons. The average molecular weight is 637 g/mol. The van der Waals surface area contributed by atoms with E-state index in [-0.39, 0.29) is 0 Å². The van der Waals surface area contributed by atoms with E-state index in [1.165, 1.54) is 38.5 Å². The second kappa shape index (κ2) is 21.1. The van der Waals surface area contributed by atoms with E-state index in [0.29, 0.717) is 13.2 Å². The molecule has 0 bridgehead atoms. The monoisotopic (exact) mass is 636 g/mol. The van der Waals surface area contributed by atoms with E-state index in [1.807, 2.05) is 97.1 Å². The molecule has 0 unspecified atom stereocenters. The summed E-state index contributed by atoms with van der Waals surface area (Å²) >= 11 is 0. The molecule has 0 heterocycles. The van der Waals surface area contributed by atoms with Crippen molar-refractivity contribution in [3.8, 4) is 23.0 Å². The summed E-state index contributed by atoms with van der Waals surface area (Å²) in [4.78, 5) is 0. The normalized spacial score (nSPS) is 11.3. The summed E-state index contributed by atoms with van der Waals surface area (Å²) in [5.41, 5.74) is 3.08. The van der Waals surface area contributed by atoms with E-state index in [4.69, 9.17) is 18.9 Å². The Labute approximate surface area is 279 Å². The van der Waals surface area contributed by atoms with Crippen molar-refractivity contribution < 1.29 is 18.9 Å². The Morgan fingerprint density at radius 1 is 0.319 bits per heavy atom. The molecule has 0 fully saturated rings. The molecule has 0 aromatic heterocycles. The summed E-state index contributed by atoms with van der Waals surface area (Å²) < 4.78 is 23.3. The van der Waals surface area contributed by atoms with Crippen LogP contribution in [0.3, 0.4) is 0 Å². The average Bonchev–Trinajstić information content (AvgIpc) is 3.11. The highest BCUT2D eigenvalue weighted by Crippen LogP contribution is 2.25. The maximum atomic E-state index is 5.86. The number of hydrogen-bond donors (Lipinski definition) is 0. The smallest absolute Gasteiger partial charge is 0.119 e. The van der Waals surface area contributed by atoms with Gasteiger partial charge in [-0.15, -0.1) is 0 Å². The lowest BCUT2D eigenvalue weighted by Crippen LogP contribution is -2.04. The number of benzene rings is 4. The van der Waals surface area contributed by atoms with Crippen LogP contribution in [0.25, 0.3) is 0 Å². The topological polar surface area (TPSA) is 86.4 Å². The Morgan fingerprint density at radius 3 is 0.830 bits per heavy atom. The number of hydrogen-bond acceptors (Lipinski definition) is 8. The van der Waals surface area contributed by atoms with Crippen LogP contribution in [0.1, 0.15) is 71.6 Å². The number of nitrogens with zero attached hydrogens (tertiary/aromatic N) is 4. The van der Waals surface area contributed by atoms with Gasteiger partial charge in [0.2, 0.25) is 0 Å². The third-order valence-electron chi connectivity index (χ3n) is 7.27. The van der Waals surface area contributed by atoms with Crippen LogP contribution in [-0.2, 0) is 0 Å². The molecule has 0 aliphatic rings. The molecule has 4 aromatic carbocycles. The minimum atomic E-state index is 0.545. The highest BCUT2D eigenvalue weighted by atomic mass is 16.5. The van der Waals surface area contributed by atoms with Crippen LogP contribution in [0.5, 0.6) is 23.0 Å². The van der Waals surface area contributed by atoms with Crippen LogP contribution in [0.15, 0.2) is 118 Å². The van der Waals surface area contributed by atoms with E-state index >= 15 is 0 Å². The highest BCUT2D eigenvalue weighted by molar-refractivity contribution is 5.45. The molecule has 0 N–H and O–H groups in total. The first-order valence-corrected chi connectivity index (χ1v) is 17.0. The largest absolute Gasteiger partial charge is 0.494 e. The second-order valence-corrected chi connectivity index (χ2v) is 11.2. The van der Waals surface area contributed by atoms with Crippen molar-refractivity contribution in [1.82, 2.24) is 0 Å². The van der Waals surface area contributed by atoms with Gasteiger partial charge in [-0.3, -0.25) is 0 Å². The van der Waals surface area contributed by atoms with Crippen LogP contribution < -0.4 is 18.9 Å². The Kier molecular flexibility index (Phi) is 15.8. The molecular weight excluding hydrogens is 588 g/mol. The fourth-order valence-electron chi connectivity index (χ4n) is 4.54. The summed E-state index contributed by atoms with van der Waals surface area (Å²) in [5.74, 6) is 3.29. The van der Waals surface area contributed by atoms with Gasteiger partial charge in [0.05, 0.1) is 49.2 Å². The molecule has 0 saturated heterocycles. The Bertz CT molecular complexity index is 1340. The molecule has 0 aliphatic heterocycles. The predicted molar refractivity (Wildman–Crippen MR) is 189 cm³/mol. The summed E-state index contributed by atoms with van der Waals surface area (Å²) in [6.45, 7) is 7.00. The van der Waals surface area contributed by atoms with Gasteiger partial charge in [0, 0.05) is 6.42 Å². The standard InChI is InChI=1S/C39H48N4O4/c1-3-5-7-9-28-44-36-20-12-32(13-21-36)40-42-34-16-24-38(25-17-34)46-30-11-31-47-39-26-18-35(19-27-39)43-41-33-14-22-37(23-15-33)45-29-10-8-6-4-2/h12-27H,3-11,28-31H2,1-2H3. The van der Waals surface area contributed by atoms with E-state index in [0.717, 1.165) is 78.2 Å². The van der Waals surface area contributed by atoms with Gasteiger partial charge in [-0.2, -0.15) is 20.5 Å². The van der Waals surface area contributed by atoms with Crippen LogP contribution >= 0.6 is 0 Å². The number of azo groups is 2. The first-order chi connectivity index (χ1) is 23.2. The van der Waals surface area contributed by atoms with E-state index < -0.39 is 0 Å². The van der Waals surface area contributed by atoms with Crippen molar-refractivity contribution in [3.05, 3.63) is 97.1 Å². The van der Waals surface area contributed by atoms with Crippen LogP contribution in [-0.4, -0.2) is 26.4 Å². The molecule has 8 nitrogen and oxygen atoms in total. The van der Waals surface area contributed by atoms with Crippen LogP contribution in [0.2, 0.25) is 0 Å². The number of unbranched alkanes of at least 4 members (excludes halogenated alkanes) is 6. The van der Waals surface area contributed by atoms with Crippen molar-refractivity contribution in [2.45, 2.75) is 71.6 Å². The highest BCUT2D eigenvalue weighted by Gasteiger charge is 2.00. The predicted octanol–water partition coefficient (Wildman–Crippen LogP) is 12.3. The zero-order chi connectivity index (χ0) is 32.8. The molecule has 0 aliphatic carbocycles. The molecule has 0 saturated carbocycles. The van der Waals surface area contributed by atoms with Gasteiger partial charge in [0.25, 0.3) is 0 Å². The van der Waals surface area contributed by atoms with Gasteiger partial charge in [-0.25, -0.2) is 0 Å². The molecule has 4 rings (SSSR count). The number of ether oxygens (including phenoxy) is 4. The minimum Gasteiger partial charge on any atom is -0.494 e. The molecular formula is C39H48N4O4. The summed E-state index contributed by atoms with van der Waals surface area (Å²) in [5, 5.41) is 17.3. The molecule has 4 aromatic rings. The van der Waals surface area contributed by atoms with Gasteiger partial charge in [-0.05, 0) is 110 Å². The SMILES string of the molecule is CCCCCCOc1ccc(N=Nc2ccc(OCCCOc3ccc(N=Nc4ccc(OCCCCCC)cc4)cc3)cc2)cc1.